The first-order valence-corrected chi connectivity index (χ1v) is 9.25. The maximum absolute atomic E-state index is 12.8. The Labute approximate surface area is 157 Å². The Balaban J connectivity index is 0.00000163. The van der Waals surface area contributed by atoms with Crippen LogP contribution in [0.15, 0.2) is 60.7 Å². The number of esters is 1. The van der Waals surface area contributed by atoms with Crippen LogP contribution in [0.5, 0.6) is 0 Å². The van der Waals surface area contributed by atoms with Crippen molar-refractivity contribution in [3.05, 3.63) is 71.8 Å². The Bertz CT molecular complexity index is 658. The van der Waals surface area contributed by atoms with Crippen molar-refractivity contribution in [1.29, 1.82) is 0 Å². The molecule has 4 nitrogen and oxygen atoms in total. The van der Waals surface area contributed by atoms with Crippen LogP contribution in [0, 0.1) is 0 Å². The van der Waals surface area contributed by atoms with Crippen molar-refractivity contribution in [2.75, 3.05) is 6.61 Å². The lowest BCUT2D eigenvalue weighted by Crippen LogP contribution is -2.24. The molecule has 2 unspecified atom stereocenters. The summed E-state index contributed by atoms with van der Waals surface area (Å²) < 4.78 is 13.6. The summed E-state index contributed by atoms with van der Waals surface area (Å²) in [4.78, 5) is 25.4. The van der Waals surface area contributed by atoms with Crippen LogP contribution < -0.4 is 0 Å². The van der Waals surface area contributed by atoms with Crippen LogP contribution >= 0.6 is 9.12 Å². The van der Waals surface area contributed by atoms with E-state index in [1.807, 2.05) is 24.3 Å². The van der Waals surface area contributed by atoms with Crippen molar-refractivity contribution in [2.45, 2.75) is 38.5 Å². The molecule has 5 heteroatoms. The van der Waals surface area contributed by atoms with Gasteiger partial charge < -0.3 is 4.74 Å². The van der Waals surface area contributed by atoms with Crippen molar-refractivity contribution in [1.82, 2.24) is 0 Å². The lowest BCUT2D eigenvalue weighted by atomic mass is 9.90. The maximum atomic E-state index is 12.8. The van der Waals surface area contributed by atoms with Gasteiger partial charge in [-0.3, -0.25) is 9.59 Å². The summed E-state index contributed by atoms with van der Waals surface area (Å²) in [5.41, 5.74) is 1.19. The van der Waals surface area contributed by atoms with E-state index in [9.17, 15) is 9.59 Å². The fourth-order valence-electron chi connectivity index (χ4n) is 2.59. The number of benzene rings is 2. The van der Waals surface area contributed by atoms with Crippen molar-refractivity contribution in [3.63, 3.8) is 0 Å². The molecule has 2 rings (SSSR count). The molecule has 0 heterocycles. The molecular formula is C21H26O4P+. The van der Waals surface area contributed by atoms with Crippen LogP contribution in [-0.2, 0) is 14.1 Å². The van der Waals surface area contributed by atoms with E-state index in [0.29, 0.717) is 17.7 Å². The quantitative estimate of drug-likeness (QED) is 0.204. The van der Waals surface area contributed by atoms with Crippen LogP contribution in [0.1, 0.15) is 54.4 Å². The predicted molar refractivity (Wildman–Crippen MR) is 105 cm³/mol. The van der Waals surface area contributed by atoms with Gasteiger partial charge in [-0.05, 0) is 12.0 Å². The van der Waals surface area contributed by atoms with E-state index in [0.717, 1.165) is 25.7 Å². The second-order valence-corrected chi connectivity index (χ2v) is 5.80. The van der Waals surface area contributed by atoms with Gasteiger partial charge >= 0.3 is 15.1 Å². The number of unbranched alkanes of at least 4 members (excludes halogenated alkanes) is 3. The van der Waals surface area contributed by atoms with Gasteiger partial charge in [0.25, 0.3) is 0 Å². The van der Waals surface area contributed by atoms with Gasteiger partial charge in [-0.1, -0.05) is 91.4 Å². The van der Waals surface area contributed by atoms with E-state index in [2.05, 4.69) is 6.92 Å². The molecule has 0 fully saturated rings. The monoisotopic (exact) mass is 373 g/mol. The zero-order chi connectivity index (χ0) is 19.2. The topological polar surface area (TPSA) is 60.4 Å². The molecule has 0 radical (unpaired) electrons. The van der Waals surface area contributed by atoms with Gasteiger partial charge in [0.15, 0.2) is 5.78 Å². The smallest absolute Gasteiger partial charge is 0.321 e. The molecule has 2 atom stereocenters. The lowest BCUT2D eigenvalue weighted by molar-refractivity contribution is -0.144. The SMILES string of the molecule is CCCCCCOC(=O)C(C(=O)c1ccccc1)c1ccccc1.O=[PH2+]. The molecule has 2 aromatic carbocycles. The third-order valence-corrected chi connectivity index (χ3v) is 3.93. The highest BCUT2D eigenvalue weighted by Crippen LogP contribution is 2.23. The van der Waals surface area contributed by atoms with Crippen LogP contribution in [0.25, 0.3) is 0 Å². The maximum Gasteiger partial charge on any atom is 0.321 e. The highest BCUT2D eigenvalue weighted by atomic mass is 31.0. The van der Waals surface area contributed by atoms with E-state index in [-0.39, 0.29) is 5.78 Å². The summed E-state index contributed by atoms with van der Waals surface area (Å²) in [6.45, 7) is 2.50. The molecular weight excluding hydrogens is 347 g/mol. The van der Waals surface area contributed by atoms with E-state index in [1.54, 1.807) is 36.4 Å². The molecule has 0 spiro atoms. The average molecular weight is 373 g/mol. The normalized spacial score (nSPS) is 11.0. The van der Waals surface area contributed by atoms with Crippen LogP contribution in [0.3, 0.4) is 0 Å². The number of carbonyl (C=O) groups excluding carboxylic acids is 2. The minimum atomic E-state index is -0.903. The van der Waals surface area contributed by atoms with Gasteiger partial charge in [0.1, 0.15) is 5.92 Å². The van der Waals surface area contributed by atoms with E-state index in [1.165, 1.54) is 9.12 Å². The molecule has 0 bridgehead atoms. The molecule has 0 aliphatic heterocycles. The third kappa shape index (κ3) is 6.89. The summed E-state index contributed by atoms with van der Waals surface area (Å²) in [6, 6.07) is 18.0. The second-order valence-electron chi connectivity index (χ2n) is 5.80. The first-order chi connectivity index (χ1) is 12.7. The van der Waals surface area contributed by atoms with Gasteiger partial charge in [-0.2, -0.15) is 0 Å². The minimum Gasteiger partial charge on any atom is -0.465 e. The molecule has 0 N–H and O–H groups in total. The predicted octanol–water partition coefficient (Wildman–Crippen LogP) is 4.98. The van der Waals surface area contributed by atoms with Crippen LogP contribution in [0.2, 0.25) is 0 Å². The largest absolute Gasteiger partial charge is 0.465 e. The molecule has 0 aliphatic carbocycles. The summed E-state index contributed by atoms with van der Waals surface area (Å²) in [5, 5.41) is 0. The fourth-order valence-corrected chi connectivity index (χ4v) is 2.59. The minimum absolute atomic E-state index is 0.222. The highest BCUT2D eigenvalue weighted by Gasteiger charge is 2.30. The number of carbonyl (C=O) groups is 2. The van der Waals surface area contributed by atoms with E-state index in [4.69, 9.17) is 9.30 Å². The van der Waals surface area contributed by atoms with Crippen molar-refractivity contribution in [3.8, 4) is 0 Å². The molecule has 2 aromatic rings. The second kappa shape index (κ2) is 13.0. The summed E-state index contributed by atoms with van der Waals surface area (Å²) in [6.07, 6.45) is 4.13. The Morgan fingerprint density at radius 3 is 2.04 bits per heavy atom. The van der Waals surface area contributed by atoms with Gasteiger partial charge in [0.05, 0.1) is 6.61 Å². The summed E-state index contributed by atoms with van der Waals surface area (Å²) in [7, 11) is 1.17. The van der Waals surface area contributed by atoms with Gasteiger partial charge in [0, 0.05) is 5.56 Å². The van der Waals surface area contributed by atoms with Gasteiger partial charge in [0.2, 0.25) is 0 Å². The van der Waals surface area contributed by atoms with Gasteiger partial charge in [-0.25, -0.2) is 0 Å². The number of hydrogen-bond acceptors (Lipinski definition) is 4. The number of ketones is 1. The number of rotatable bonds is 9. The average Bonchev–Trinajstić information content (AvgIpc) is 2.71. The lowest BCUT2D eigenvalue weighted by Gasteiger charge is -2.15. The standard InChI is InChI=1S/C21H24O3.H2OP/c1-2-3-4-11-16-24-21(23)19(17-12-7-5-8-13-17)20(22)18-14-9-6-10-15-18;1-2/h5-10,12-15,19H,2-4,11,16H2,1H3;2H2/q;+1. The number of Topliss-reactive ketones (excluding diaryl/α,β-unsaturated/α-hetero) is 1. The number of ether oxygens (including phenoxy) is 1. The Morgan fingerprint density at radius 2 is 1.46 bits per heavy atom. The van der Waals surface area contributed by atoms with Crippen molar-refractivity contribution >= 4 is 20.9 Å². The Kier molecular flexibility index (Phi) is 10.8. The molecule has 0 amide bonds. The molecule has 26 heavy (non-hydrogen) atoms. The highest BCUT2D eigenvalue weighted by molar-refractivity contribution is 7.00. The van der Waals surface area contributed by atoms with Crippen molar-refractivity contribution in [2.24, 2.45) is 0 Å². The number of hydrogen-bond donors (Lipinski definition) is 0. The molecule has 0 saturated carbocycles. The first-order valence-electron chi connectivity index (χ1n) is 8.78. The van der Waals surface area contributed by atoms with Crippen LogP contribution in [-0.4, -0.2) is 18.4 Å². The first kappa shape index (κ1) is 21.7. The van der Waals surface area contributed by atoms with Gasteiger partial charge in [-0.15, -0.1) is 0 Å². The Hall–Kier alpha value is -2.32. The molecule has 0 saturated heterocycles. The zero-order valence-corrected chi connectivity index (χ0v) is 16.3. The van der Waals surface area contributed by atoms with Crippen molar-refractivity contribution < 1.29 is 18.9 Å². The molecule has 138 valence electrons. The van der Waals surface area contributed by atoms with E-state index < -0.39 is 11.9 Å². The third-order valence-electron chi connectivity index (χ3n) is 3.93. The zero-order valence-electron chi connectivity index (χ0n) is 15.1. The molecule has 0 aromatic heterocycles. The molecule has 0 aliphatic rings. The fraction of sp³-hybridized carbons (Fsp3) is 0.333. The van der Waals surface area contributed by atoms with Crippen LogP contribution in [0.4, 0.5) is 0 Å². The summed E-state index contributed by atoms with van der Waals surface area (Å²) in [5.74, 6) is -1.59. The Morgan fingerprint density at radius 1 is 0.885 bits per heavy atom. The van der Waals surface area contributed by atoms with E-state index >= 15 is 0 Å². The summed E-state index contributed by atoms with van der Waals surface area (Å²) >= 11 is 0.